The van der Waals surface area contributed by atoms with Gasteiger partial charge in [-0.3, -0.25) is 4.79 Å². The van der Waals surface area contributed by atoms with Gasteiger partial charge in [0.2, 0.25) is 0 Å². The first-order chi connectivity index (χ1) is 9.47. The van der Waals surface area contributed by atoms with Gasteiger partial charge in [-0.1, -0.05) is 35.3 Å². The van der Waals surface area contributed by atoms with E-state index in [1.54, 1.807) is 36.2 Å². The summed E-state index contributed by atoms with van der Waals surface area (Å²) in [5.41, 5.74) is 7.79. The zero-order chi connectivity index (χ0) is 14.7. The van der Waals surface area contributed by atoms with Crippen LogP contribution in [0.1, 0.15) is 15.9 Å². The Labute approximate surface area is 127 Å². The molecule has 104 valence electrons. The van der Waals surface area contributed by atoms with Crippen LogP contribution in [0, 0.1) is 0 Å². The molecule has 0 unspecified atom stereocenters. The number of halogens is 2. The molecule has 0 radical (unpaired) electrons. The Morgan fingerprint density at radius 1 is 1.20 bits per heavy atom. The Balaban J connectivity index is 2.16. The summed E-state index contributed by atoms with van der Waals surface area (Å²) in [6.45, 7) is 0.461. The lowest BCUT2D eigenvalue weighted by Crippen LogP contribution is -2.26. The minimum absolute atomic E-state index is 0.158. The van der Waals surface area contributed by atoms with Crippen LogP contribution in [0.25, 0.3) is 0 Å². The van der Waals surface area contributed by atoms with Gasteiger partial charge >= 0.3 is 0 Å². The van der Waals surface area contributed by atoms with Gasteiger partial charge in [0.1, 0.15) is 0 Å². The van der Waals surface area contributed by atoms with Gasteiger partial charge in [0.25, 0.3) is 5.91 Å². The van der Waals surface area contributed by atoms with Crippen molar-refractivity contribution in [1.29, 1.82) is 0 Å². The summed E-state index contributed by atoms with van der Waals surface area (Å²) in [6, 6.07) is 12.3. The molecule has 0 aliphatic heterocycles. The van der Waals surface area contributed by atoms with E-state index in [2.05, 4.69) is 0 Å². The molecule has 0 atom stereocenters. The monoisotopic (exact) mass is 308 g/mol. The summed E-state index contributed by atoms with van der Waals surface area (Å²) in [6.07, 6.45) is 0. The number of hydrogen-bond acceptors (Lipinski definition) is 2. The van der Waals surface area contributed by atoms with Gasteiger partial charge in [-0.05, 0) is 35.9 Å². The minimum Gasteiger partial charge on any atom is -0.399 e. The summed E-state index contributed by atoms with van der Waals surface area (Å²) in [7, 11) is 1.72. The molecule has 5 heteroatoms. The van der Waals surface area contributed by atoms with E-state index in [0.29, 0.717) is 27.8 Å². The normalized spacial score (nSPS) is 10.3. The van der Waals surface area contributed by atoms with Gasteiger partial charge < -0.3 is 10.6 Å². The number of amides is 1. The highest BCUT2D eigenvalue weighted by Gasteiger charge is 2.15. The number of benzene rings is 2. The third-order valence-electron chi connectivity index (χ3n) is 2.88. The molecule has 20 heavy (non-hydrogen) atoms. The summed E-state index contributed by atoms with van der Waals surface area (Å²) in [4.78, 5) is 13.9. The Hall–Kier alpha value is -1.71. The molecule has 2 rings (SSSR count). The summed E-state index contributed by atoms with van der Waals surface area (Å²) < 4.78 is 0. The highest BCUT2D eigenvalue weighted by atomic mass is 35.5. The van der Waals surface area contributed by atoms with E-state index in [1.165, 1.54) is 0 Å². The Morgan fingerprint density at radius 3 is 2.60 bits per heavy atom. The van der Waals surface area contributed by atoms with E-state index >= 15 is 0 Å². The molecule has 2 aromatic rings. The second-order valence-electron chi connectivity index (χ2n) is 4.53. The molecule has 0 saturated carbocycles. The molecule has 3 nitrogen and oxygen atoms in total. The zero-order valence-electron chi connectivity index (χ0n) is 10.9. The van der Waals surface area contributed by atoms with E-state index in [-0.39, 0.29) is 5.91 Å². The molecule has 2 N–H and O–H groups in total. The molecular weight excluding hydrogens is 295 g/mol. The maximum atomic E-state index is 12.3. The first-order valence-electron chi connectivity index (χ1n) is 6.02. The van der Waals surface area contributed by atoms with Crippen molar-refractivity contribution in [3.8, 4) is 0 Å². The van der Waals surface area contributed by atoms with Gasteiger partial charge in [0.15, 0.2) is 0 Å². The maximum Gasteiger partial charge on any atom is 0.255 e. The van der Waals surface area contributed by atoms with Crippen molar-refractivity contribution < 1.29 is 4.79 Å². The number of nitrogens with zero attached hydrogens (tertiary/aromatic N) is 1. The van der Waals surface area contributed by atoms with E-state index < -0.39 is 0 Å². The summed E-state index contributed by atoms with van der Waals surface area (Å²) in [5, 5.41) is 0.854. The van der Waals surface area contributed by atoms with Gasteiger partial charge in [0, 0.05) is 24.3 Å². The van der Waals surface area contributed by atoms with Gasteiger partial charge in [-0.25, -0.2) is 0 Å². The first kappa shape index (κ1) is 14.7. The molecule has 2 aromatic carbocycles. The number of nitrogen functional groups attached to an aromatic ring is 1. The van der Waals surface area contributed by atoms with Crippen LogP contribution in [0.2, 0.25) is 10.0 Å². The topological polar surface area (TPSA) is 46.3 Å². The number of anilines is 1. The number of carbonyl (C=O) groups excluding carboxylic acids is 1. The van der Waals surface area contributed by atoms with Gasteiger partial charge in [-0.2, -0.15) is 0 Å². The first-order valence-corrected chi connectivity index (χ1v) is 6.78. The van der Waals surface area contributed by atoms with Crippen molar-refractivity contribution in [2.24, 2.45) is 0 Å². The Kier molecular flexibility index (Phi) is 4.53. The third-order valence-corrected chi connectivity index (χ3v) is 3.43. The van der Waals surface area contributed by atoms with Crippen LogP contribution in [0.15, 0.2) is 42.5 Å². The van der Waals surface area contributed by atoms with E-state index in [1.807, 2.05) is 18.2 Å². The lowest BCUT2D eigenvalue weighted by atomic mass is 10.1. The molecule has 0 aliphatic rings. The third kappa shape index (κ3) is 3.44. The van der Waals surface area contributed by atoms with E-state index in [9.17, 15) is 4.79 Å². The fourth-order valence-electron chi connectivity index (χ4n) is 1.91. The minimum atomic E-state index is -0.158. The Morgan fingerprint density at radius 2 is 1.95 bits per heavy atom. The number of nitrogens with two attached hydrogens (primary N) is 1. The molecule has 0 heterocycles. The van der Waals surface area contributed by atoms with Crippen LogP contribution in [0.4, 0.5) is 5.69 Å². The highest BCUT2D eigenvalue weighted by molar-refractivity contribution is 6.36. The second-order valence-corrected chi connectivity index (χ2v) is 5.37. The van der Waals surface area contributed by atoms with Crippen LogP contribution in [0.3, 0.4) is 0 Å². The van der Waals surface area contributed by atoms with Crippen molar-refractivity contribution >= 4 is 34.8 Å². The van der Waals surface area contributed by atoms with Crippen molar-refractivity contribution in [1.82, 2.24) is 4.90 Å². The predicted octanol–water partition coefficient (Wildman–Crippen LogP) is 3.85. The van der Waals surface area contributed by atoms with Crippen molar-refractivity contribution in [2.45, 2.75) is 6.54 Å². The maximum absolute atomic E-state index is 12.3. The van der Waals surface area contributed by atoms with Crippen molar-refractivity contribution in [2.75, 3.05) is 12.8 Å². The SMILES string of the molecule is CN(Cc1cccc(N)c1)C(=O)c1ccc(Cl)cc1Cl. The number of hydrogen-bond donors (Lipinski definition) is 1. The molecule has 0 fully saturated rings. The lowest BCUT2D eigenvalue weighted by molar-refractivity contribution is 0.0785. The molecule has 0 saturated heterocycles. The quantitative estimate of drug-likeness (QED) is 0.875. The average molecular weight is 309 g/mol. The van der Waals surface area contributed by atoms with Crippen LogP contribution < -0.4 is 5.73 Å². The molecule has 1 amide bonds. The second kappa shape index (κ2) is 6.16. The number of carbonyl (C=O) groups is 1. The molecular formula is C15H14Cl2N2O. The van der Waals surface area contributed by atoms with Crippen molar-refractivity contribution in [3.63, 3.8) is 0 Å². The fourth-order valence-corrected chi connectivity index (χ4v) is 2.40. The molecule has 0 spiro atoms. The van der Waals surface area contributed by atoms with Gasteiger partial charge in [-0.15, -0.1) is 0 Å². The smallest absolute Gasteiger partial charge is 0.255 e. The largest absolute Gasteiger partial charge is 0.399 e. The van der Waals surface area contributed by atoms with E-state index in [0.717, 1.165) is 5.56 Å². The van der Waals surface area contributed by atoms with Crippen molar-refractivity contribution in [3.05, 3.63) is 63.6 Å². The molecule has 0 aliphatic carbocycles. The highest BCUT2D eigenvalue weighted by Crippen LogP contribution is 2.22. The van der Waals surface area contributed by atoms with Crippen LogP contribution in [-0.2, 0) is 6.54 Å². The average Bonchev–Trinajstić information content (AvgIpc) is 2.38. The standard InChI is InChI=1S/C15H14Cl2N2O/c1-19(9-10-3-2-4-12(18)7-10)15(20)13-6-5-11(16)8-14(13)17/h2-8H,9,18H2,1H3. The fraction of sp³-hybridized carbons (Fsp3) is 0.133. The van der Waals surface area contributed by atoms with E-state index in [4.69, 9.17) is 28.9 Å². The van der Waals surface area contributed by atoms with Crippen LogP contribution in [0.5, 0.6) is 0 Å². The zero-order valence-corrected chi connectivity index (χ0v) is 12.4. The molecule has 0 aromatic heterocycles. The predicted molar refractivity (Wildman–Crippen MR) is 83.1 cm³/mol. The van der Waals surface area contributed by atoms with Crippen LogP contribution >= 0.6 is 23.2 Å². The summed E-state index contributed by atoms with van der Waals surface area (Å²) in [5.74, 6) is -0.158. The number of rotatable bonds is 3. The summed E-state index contributed by atoms with van der Waals surface area (Å²) >= 11 is 11.9. The molecule has 0 bridgehead atoms. The lowest BCUT2D eigenvalue weighted by Gasteiger charge is -2.18. The van der Waals surface area contributed by atoms with Gasteiger partial charge in [0.05, 0.1) is 10.6 Å². The van der Waals surface area contributed by atoms with Crippen LogP contribution in [-0.4, -0.2) is 17.9 Å². The Bertz CT molecular complexity index is 644.